The molecule has 0 fully saturated rings. The largest absolute Gasteiger partial charge is 0.418 e. The highest BCUT2D eigenvalue weighted by Gasteiger charge is 2.34. The monoisotopic (exact) mass is 992 g/mol. The summed E-state index contributed by atoms with van der Waals surface area (Å²) in [6.45, 7) is 26.9. The maximum absolute atomic E-state index is 15.1. The van der Waals surface area contributed by atoms with E-state index in [2.05, 4.69) is 241 Å². The molecule has 0 unspecified atom stereocenters. The summed E-state index contributed by atoms with van der Waals surface area (Å²) in [6, 6.07) is 67.4. The van der Waals surface area contributed by atoms with E-state index in [4.69, 9.17) is 0 Å². The van der Waals surface area contributed by atoms with E-state index in [0.717, 1.165) is 77.5 Å². The molecule has 75 heavy (non-hydrogen) atoms. The number of rotatable bonds is 7. The van der Waals surface area contributed by atoms with Gasteiger partial charge in [0.15, 0.2) is 0 Å². The Kier molecular flexibility index (Phi) is 12.8. The summed E-state index contributed by atoms with van der Waals surface area (Å²) >= 11 is 0. The average molecular weight is 992 g/mol. The zero-order valence-electron chi connectivity index (χ0n) is 45.6. The molecule has 0 N–H and O–H groups in total. The third kappa shape index (κ3) is 10.4. The van der Waals surface area contributed by atoms with E-state index in [1.807, 2.05) is 12.1 Å². The number of benzene rings is 9. The van der Waals surface area contributed by atoms with Crippen molar-refractivity contribution in [2.45, 2.75) is 111 Å². The van der Waals surface area contributed by atoms with Gasteiger partial charge in [0.1, 0.15) is 0 Å². The predicted octanol–water partition coefficient (Wildman–Crippen LogP) is 21.0. The van der Waals surface area contributed by atoms with E-state index in [1.165, 1.54) is 34.4 Å². The minimum Gasteiger partial charge on any atom is -0.309 e. The van der Waals surface area contributed by atoms with Gasteiger partial charge in [0, 0.05) is 10.8 Å². The minimum atomic E-state index is -4.57. The van der Waals surface area contributed by atoms with Crippen molar-refractivity contribution in [1.82, 2.24) is 4.57 Å². The lowest BCUT2D eigenvalue weighted by molar-refractivity contribution is -0.137. The van der Waals surface area contributed by atoms with Crippen molar-refractivity contribution in [3.05, 3.63) is 222 Å². The van der Waals surface area contributed by atoms with Crippen LogP contribution in [0.4, 0.5) is 13.2 Å². The quantitative estimate of drug-likeness (QED) is 0.150. The molecule has 378 valence electrons. The van der Waals surface area contributed by atoms with Crippen LogP contribution < -0.4 is 0 Å². The first-order valence-corrected chi connectivity index (χ1v) is 26.3. The molecule has 0 aliphatic heterocycles. The van der Waals surface area contributed by atoms with Gasteiger partial charge in [-0.25, -0.2) is 0 Å². The molecule has 9 aromatic carbocycles. The predicted molar refractivity (Wildman–Crippen MR) is 313 cm³/mol. The van der Waals surface area contributed by atoms with Gasteiger partial charge in [-0.3, -0.25) is 0 Å². The number of alkyl halides is 3. The molecule has 0 atom stereocenters. The van der Waals surface area contributed by atoms with Gasteiger partial charge in [0.05, 0.1) is 22.3 Å². The summed E-state index contributed by atoms with van der Waals surface area (Å²) in [6.07, 6.45) is -4.57. The van der Waals surface area contributed by atoms with Crippen molar-refractivity contribution in [3.8, 4) is 72.4 Å². The highest BCUT2D eigenvalue weighted by Crippen LogP contribution is 2.44. The Morgan fingerprint density at radius 1 is 0.267 bits per heavy atom. The number of fused-ring (bicyclic) bond motifs is 3. The minimum absolute atomic E-state index is 0.0438. The zero-order valence-corrected chi connectivity index (χ0v) is 45.6. The summed E-state index contributed by atoms with van der Waals surface area (Å²) in [5.41, 5.74) is 18.5. The zero-order chi connectivity index (χ0) is 53.4. The van der Waals surface area contributed by atoms with Crippen LogP contribution in [0.3, 0.4) is 0 Å². The Hall–Kier alpha value is -7.43. The topological polar surface area (TPSA) is 4.93 Å². The molecule has 0 saturated carbocycles. The van der Waals surface area contributed by atoms with Crippen molar-refractivity contribution >= 4 is 21.8 Å². The van der Waals surface area contributed by atoms with Crippen LogP contribution in [0, 0.1) is 0 Å². The molecule has 0 spiro atoms. The summed E-state index contributed by atoms with van der Waals surface area (Å²) in [4.78, 5) is 0. The summed E-state index contributed by atoms with van der Waals surface area (Å²) in [5, 5.41) is 1.73. The molecule has 0 aliphatic carbocycles. The number of nitrogens with zero attached hydrogens (tertiary/aromatic N) is 1. The SMILES string of the molecule is CC(C)(C)c1cccc(-c2cc(-c3cccc(C(C)(C)C)c3)cc(-c3ccc4c(c3)c3cc(-c5cc(-c6cccc(C(C)(C)C)c6)cc(-c6cccc(C(C)(C)C)c6)c5)ccc3n4-c3ccccc3C(F)(F)F)c2)c1. The maximum atomic E-state index is 15.1. The maximum Gasteiger partial charge on any atom is 0.418 e. The number of halogens is 3. The van der Waals surface area contributed by atoms with Crippen molar-refractivity contribution in [2.75, 3.05) is 0 Å². The van der Waals surface area contributed by atoms with Crippen molar-refractivity contribution in [1.29, 1.82) is 0 Å². The van der Waals surface area contributed by atoms with E-state index < -0.39 is 11.7 Å². The van der Waals surface area contributed by atoms with Gasteiger partial charge < -0.3 is 4.57 Å². The molecule has 0 radical (unpaired) electrons. The van der Waals surface area contributed by atoms with Gasteiger partial charge in [0.25, 0.3) is 0 Å². The van der Waals surface area contributed by atoms with Crippen LogP contribution in [0.25, 0.3) is 94.3 Å². The van der Waals surface area contributed by atoms with Gasteiger partial charge >= 0.3 is 6.18 Å². The third-order valence-corrected chi connectivity index (χ3v) is 15.0. The van der Waals surface area contributed by atoms with E-state index >= 15 is 13.2 Å². The first-order chi connectivity index (χ1) is 35.3. The fourth-order valence-electron chi connectivity index (χ4n) is 10.5. The molecular weight excluding hydrogens is 924 g/mol. The van der Waals surface area contributed by atoms with Crippen LogP contribution in [0.2, 0.25) is 0 Å². The lowest BCUT2D eigenvalue weighted by atomic mass is 9.84. The van der Waals surface area contributed by atoms with E-state index in [9.17, 15) is 0 Å². The Morgan fingerprint density at radius 3 is 0.827 bits per heavy atom. The molecule has 1 heterocycles. The standard InChI is InChI=1S/C71H68F3N/c1-67(2,3)57-23-15-19-45(39-57)51-33-52(46-20-16-24-58(40-46)68(4,5)6)36-55(35-51)49-29-31-64-61(43-49)62-44-50(30-32-65(62)75(64)66-28-14-13-27-63(66)71(72,73)74)56-37-53(47-21-17-25-59(41-47)69(7,8)9)34-54(38-56)48-22-18-26-60(42-48)70(10,11)12/h13-44H,1-12H3. The van der Waals surface area contributed by atoms with Gasteiger partial charge in [-0.05, 0) is 183 Å². The van der Waals surface area contributed by atoms with Gasteiger partial charge in [-0.2, -0.15) is 13.2 Å². The molecule has 1 nitrogen and oxygen atoms in total. The molecule has 1 aromatic heterocycles. The third-order valence-electron chi connectivity index (χ3n) is 15.0. The Balaban J connectivity index is 1.23. The fourth-order valence-corrected chi connectivity index (χ4v) is 10.5. The summed E-state index contributed by atoms with van der Waals surface area (Å²) in [7, 11) is 0. The molecule has 10 aromatic rings. The van der Waals surface area contributed by atoms with Crippen LogP contribution in [0.5, 0.6) is 0 Å². The normalized spacial score (nSPS) is 12.7. The second-order valence-electron chi connectivity index (χ2n) is 24.7. The second kappa shape index (κ2) is 18.7. The van der Waals surface area contributed by atoms with Crippen molar-refractivity contribution < 1.29 is 13.2 Å². The van der Waals surface area contributed by atoms with Crippen LogP contribution in [0.15, 0.2) is 194 Å². The van der Waals surface area contributed by atoms with E-state index in [-0.39, 0.29) is 27.3 Å². The molecule has 0 aliphatic rings. The Morgan fingerprint density at radius 2 is 0.547 bits per heavy atom. The van der Waals surface area contributed by atoms with Crippen molar-refractivity contribution in [2.24, 2.45) is 0 Å². The van der Waals surface area contributed by atoms with Crippen molar-refractivity contribution in [3.63, 3.8) is 0 Å². The average Bonchev–Trinajstić information content (AvgIpc) is 3.71. The van der Waals surface area contributed by atoms with Crippen LogP contribution in [0.1, 0.15) is 111 Å². The highest BCUT2D eigenvalue weighted by atomic mass is 19.4. The number of hydrogen-bond donors (Lipinski definition) is 0. The molecule has 10 rings (SSSR count). The lowest BCUT2D eigenvalue weighted by Gasteiger charge is -2.21. The second-order valence-corrected chi connectivity index (χ2v) is 24.7. The van der Waals surface area contributed by atoms with E-state index in [0.29, 0.717) is 11.0 Å². The molecule has 4 heteroatoms. The van der Waals surface area contributed by atoms with Crippen LogP contribution in [-0.4, -0.2) is 4.57 Å². The number of hydrogen-bond acceptors (Lipinski definition) is 0. The number of aromatic nitrogens is 1. The Labute approximate surface area is 442 Å². The summed E-state index contributed by atoms with van der Waals surface area (Å²) < 4.78 is 47.0. The lowest BCUT2D eigenvalue weighted by Crippen LogP contribution is -2.10. The molecule has 0 saturated heterocycles. The molecular formula is C71H68F3N. The smallest absolute Gasteiger partial charge is 0.309 e. The van der Waals surface area contributed by atoms with E-state index in [1.54, 1.807) is 16.7 Å². The van der Waals surface area contributed by atoms with Crippen LogP contribution >= 0.6 is 0 Å². The molecule has 0 bridgehead atoms. The first kappa shape index (κ1) is 51.1. The van der Waals surface area contributed by atoms with Gasteiger partial charge in [-0.1, -0.05) is 204 Å². The fraction of sp³-hybridized carbons (Fsp3) is 0.239. The first-order valence-electron chi connectivity index (χ1n) is 26.3. The van der Waals surface area contributed by atoms with Crippen LogP contribution in [-0.2, 0) is 27.8 Å². The molecule has 0 amide bonds. The summed E-state index contributed by atoms with van der Waals surface area (Å²) in [5.74, 6) is 0. The van der Waals surface area contributed by atoms with Gasteiger partial charge in [0.2, 0.25) is 0 Å². The van der Waals surface area contributed by atoms with Gasteiger partial charge in [-0.15, -0.1) is 0 Å². The highest BCUT2D eigenvalue weighted by molar-refractivity contribution is 6.12. The Bertz CT molecular complexity index is 3420. The number of para-hydroxylation sites is 1.